The van der Waals surface area contributed by atoms with Gasteiger partial charge in [-0.05, 0) is 45.4 Å². The number of ether oxygens (including phenoxy) is 1. The maximum atomic E-state index is 9.81. The van der Waals surface area contributed by atoms with Crippen LogP contribution in [0.3, 0.4) is 0 Å². The van der Waals surface area contributed by atoms with Gasteiger partial charge in [0.2, 0.25) is 0 Å². The fourth-order valence-electron chi connectivity index (χ4n) is 1.64. The molecule has 4 nitrogen and oxygen atoms in total. The van der Waals surface area contributed by atoms with E-state index in [-0.39, 0.29) is 0 Å². The van der Waals surface area contributed by atoms with Gasteiger partial charge in [0.25, 0.3) is 0 Å². The summed E-state index contributed by atoms with van der Waals surface area (Å²) in [6, 6.07) is 4.46. The maximum absolute atomic E-state index is 9.81. The summed E-state index contributed by atoms with van der Waals surface area (Å²) in [5.74, 6) is 0. The molecule has 0 aliphatic heterocycles. The molecule has 1 aromatic rings. The van der Waals surface area contributed by atoms with Crippen LogP contribution in [0.25, 0.3) is 0 Å². The third kappa shape index (κ3) is 8.34. The van der Waals surface area contributed by atoms with Crippen molar-refractivity contribution >= 4 is 11.3 Å². The Morgan fingerprint density at radius 2 is 2.26 bits per heavy atom. The summed E-state index contributed by atoms with van der Waals surface area (Å²) in [7, 11) is 4.14. The van der Waals surface area contributed by atoms with E-state index in [0.29, 0.717) is 25.8 Å². The first kappa shape index (κ1) is 16.6. The molecule has 1 rings (SSSR count). The first-order valence-corrected chi connectivity index (χ1v) is 7.62. The molecule has 0 bridgehead atoms. The summed E-state index contributed by atoms with van der Waals surface area (Å²) in [4.78, 5) is 3.36. The predicted molar refractivity (Wildman–Crippen MR) is 80.6 cm³/mol. The minimum atomic E-state index is -0.443. The summed E-state index contributed by atoms with van der Waals surface area (Å²) < 4.78 is 5.48. The lowest BCUT2D eigenvalue weighted by molar-refractivity contribution is 0.0286. The molecule has 2 atom stereocenters. The fraction of sp³-hybridized carbons (Fsp3) is 0.714. The van der Waals surface area contributed by atoms with Crippen molar-refractivity contribution in [3.05, 3.63) is 22.4 Å². The van der Waals surface area contributed by atoms with E-state index in [1.807, 2.05) is 17.5 Å². The van der Waals surface area contributed by atoms with Gasteiger partial charge in [0.15, 0.2) is 0 Å². The minimum absolute atomic E-state index is 0.380. The Bertz CT molecular complexity index is 317. The Hall–Kier alpha value is -0.460. The lowest BCUT2D eigenvalue weighted by Gasteiger charge is -2.19. The average molecular weight is 286 g/mol. The molecule has 110 valence electrons. The Morgan fingerprint density at radius 3 is 2.89 bits per heavy atom. The molecule has 2 unspecified atom stereocenters. The second-order valence-electron chi connectivity index (χ2n) is 5.15. The van der Waals surface area contributed by atoms with Gasteiger partial charge in [0, 0.05) is 17.5 Å². The number of nitrogens with one attached hydrogen (secondary N) is 1. The van der Waals surface area contributed by atoms with Gasteiger partial charge in [-0.1, -0.05) is 6.07 Å². The van der Waals surface area contributed by atoms with Crippen molar-refractivity contribution in [3.8, 4) is 0 Å². The van der Waals surface area contributed by atoms with Crippen molar-refractivity contribution < 1.29 is 9.84 Å². The summed E-state index contributed by atoms with van der Waals surface area (Å²) in [5.41, 5.74) is 0. The second kappa shape index (κ2) is 9.44. The standard InChI is InChI=1S/C14H26N2O2S/c1-12(6-7-16(2)3)15-9-13(17)10-18-11-14-5-4-8-19-14/h4-5,8,12-13,15,17H,6-7,9-11H2,1-3H3. The highest BCUT2D eigenvalue weighted by molar-refractivity contribution is 7.09. The monoisotopic (exact) mass is 286 g/mol. The van der Waals surface area contributed by atoms with Crippen molar-refractivity contribution in [3.63, 3.8) is 0 Å². The second-order valence-corrected chi connectivity index (χ2v) is 6.18. The predicted octanol–water partition coefficient (Wildman–Crippen LogP) is 1.56. The van der Waals surface area contributed by atoms with Gasteiger partial charge in [-0.15, -0.1) is 11.3 Å². The first-order chi connectivity index (χ1) is 9.08. The third-order valence-electron chi connectivity index (χ3n) is 2.85. The van der Waals surface area contributed by atoms with Gasteiger partial charge in [-0.3, -0.25) is 0 Å². The lowest BCUT2D eigenvalue weighted by Crippen LogP contribution is -2.37. The summed E-state index contributed by atoms with van der Waals surface area (Å²) in [6.45, 7) is 4.75. The highest BCUT2D eigenvalue weighted by Gasteiger charge is 2.08. The molecule has 2 N–H and O–H groups in total. The molecular weight excluding hydrogens is 260 g/mol. The van der Waals surface area contributed by atoms with Crippen molar-refractivity contribution in [1.82, 2.24) is 10.2 Å². The number of rotatable bonds is 10. The summed E-state index contributed by atoms with van der Waals surface area (Å²) in [6.07, 6.45) is 0.636. The van der Waals surface area contributed by atoms with Gasteiger partial charge in [-0.2, -0.15) is 0 Å². The fourth-order valence-corrected chi connectivity index (χ4v) is 2.28. The first-order valence-electron chi connectivity index (χ1n) is 6.74. The molecule has 5 heteroatoms. The quantitative estimate of drug-likeness (QED) is 0.685. The van der Waals surface area contributed by atoms with Gasteiger partial charge in [-0.25, -0.2) is 0 Å². The molecule has 1 aromatic heterocycles. The van der Waals surface area contributed by atoms with Crippen molar-refractivity contribution in [2.24, 2.45) is 0 Å². The van der Waals surface area contributed by atoms with Gasteiger partial charge in [0.1, 0.15) is 0 Å². The van der Waals surface area contributed by atoms with Crippen LogP contribution < -0.4 is 5.32 Å². The average Bonchev–Trinajstić information content (AvgIpc) is 2.87. The number of hydrogen-bond acceptors (Lipinski definition) is 5. The maximum Gasteiger partial charge on any atom is 0.0897 e. The van der Waals surface area contributed by atoms with Crippen molar-refractivity contribution in [2.75, 3.05) is 33.8 Å². The molecule has 0 aliphatic rings. The van der Waals surface area contributed by atoms with Gasteiger partial charge >= 0.3 is 0 Å². The van der Waals surface area contributed by atoms with Gasteiger partial charge in [0.05, 0.1) is 19.3 Å². The number of hydrogen-bond donors (Lipinski definition) is 2. The zero-order chi connectivity index (χ0) is 14.1. The molecule has 0 saturated carbocycles. The Balaban J connectivity index is 2.02. The number of aliphatic hydroxyl groups excluding tert-OH is 1. The van der Waals surface area contributed by atoms with Crippen LogP contribution in [0.5, 0.6) is 0 Å². The van der Waals surface area contributed by atoms with Crippen LogP contribution in [0.1, 0.15) is 18.2 Å². The summed E-state index contributed by atoms with van der Waals surface area (Å²) in [5, 5.41) is 15.2. The molecular formula is C14H26N2O2S. The van der Waals surface area contributed by atoms with Crippen molar-refractivity contribution in [2.45, 2.75) is 32.1 Å². The van der Waals surface area contributed by atoms with E-state index in [1.54, 1.807) is 11.3 Å². The van der Waals surface area contributed by atoms with Crippen LogP contribution in [0, 0.1) is 0 Å². The zero-order valence-electron chi connectivity index (χ0n) is 12.1. The lowest BCUT2D eigenvalue weighted by atomic mass is 10.2. The molecule has 0 saturated heterocycles. The van der Waals surface area contributed by atoms with E-state index >= 15 is 0 Å². The van der Waals surface area contributed by atoms with Crippen molar-refractivity contribution in [1.29, 1.82) is 0 Å². The Morgan fingerprint density at radius 1 is 1.47 bits per heavy atom. The Kier molecular flexibility index (Phi) is 8.25. The van der Waals surface area contributed by atoms with Gasteiger partial charge < -0.3 is 20.1 Å². The highest BCUT2D eigenvalue weighted by Crippen LogP contribution is 2.09. The minimum Gasteiger partial charge on any atom is -0.389 e. The van der Waals surface area contributed by atoms with Crippen LogP contribution in [0.4, 0.5) is 0 Å². The van der Waals surface area contributed by atoms with E-state index < -0.39 is 6.10 Å². The number of nitrogens with zero attached hydrogens (tertiary/aromatic N) is 1. The van der Waals surface area contributed by atoms with Crippen LogP contribution in [-0.2, 0) is 11.3 Å². The van der Waals surface area contributed by atoms with E-state index in [4.69, 9.17) is 4.74 Å². The van der Waals surface area contributed by atoms with Crippen LogP contribution in [-0.4, -0.2) is 55.9 Å². The zero-order valence-corrected chi connectivity index (χ0v) is 12.9. The molecule has 0 spiro atoms. The normalized spacial score (nSPS) is 14.8. The molecule has 0 fully saturated rings. The summed E-state index contributed by atoms with van der Waals surface area (Å²) >= 11 is 1.68. The highest BCUT2D eigenvalue weighted by atomic mass is 32.1. The van der Waals surface area contributed by atoms with Crippen LogP contribution >= 0.6 is 11.3 Å². The molecule has 19 heavy (non-hydrogen) atoms. The van der Waals surface area contributed by atoms with E-state index in [9.17, 15) is 5.11 Å². The topological polar surface area (TPSA) is 44.7 Å². The molecule has 0 radical (unpaired) electrons. The molecule has 1 heterocycles. The largest absolute Gasteiger partial charge is 0.389 e. The third-order valence-corrected chi connectivity index (χ3v) is 3.70. The molecule has 0 aliphatic carbocycles. The van der Waals surface area contributed by atoms with E-state index in [0.717, 1.165) is 13.0 Å². The molecule has 0 amide bonds. The van der Waals surface area contributed by atoms with E-state index in [1.165, 1.54) is 4.88 Å². The van der Waals surface area contributed by atoms with Crippen LogP contribution in [0.15, 0.2) is 17.5 Å². The van der Waals surface area contributed by atoms with Crippen LogP contribution in [0.2, 0.25) is 0 Å². The SMILES string of the molecule is CC(CCN(C)C)NCC(O)COCc1cccs1. The molecule has 0 aromatic carbocycles. The Labute approximate surface area is 120 Å². The number of thiophene rings is 1. The smallest absolute Gasteiger partial charge is 0.0897 e. The number of aliphatic hydroxyl groups is 1. The van der Waals surface area contributed by atoms with E-state index in [2.05, 4.69) is 31.2 Å².